The molecule has 0 aliphatic rings. The van der Waals surface area contributed by atoms with Gasteiger partial charge in [-0.2, -0.15) is 26.3 Å². The van der Waals surface area contributed by atoms with Gasteiger partial charge in [-0.3, -0.25) is 9.59 Å². The molecule has 0 radical (unpaired) electrons. The van der Waals surface area contributed by atoms with Gasteiger partial charge in [-0.15, -0.1) is 0 Å². The van der Waals surface area contributed by atoms with Crippen LogP contribution in [0.15, 0.2) is 36.4 Å². The maximum absolute atomic E-state index is 14.4. The van der Waals surface area contributed by atoms with Crippen molar-refractivity contribution >= 4 is 27.3 Å². The number of sulfone groups is 1. The van der Waals surface area contributed by atoms with Crippen molar-refractivity contribution in [3.63, 3.8) is 0 Å². The van der Waals surface area contributed by atoms with Crippen molar-refractivity contribution in [2.75, 3.05) is 17.3 Å². The highest BCUT2D eigenvalue weighted by atomic mass is 32.2. The Morgan fingerprint density at radius 3 is 2.00 bits per heavy atom. The fourth-order valence-electron chi connectivity index (χ4n) is 3.84. The van der Waals surface area contributed by atoms with Gasteiger partial charge in [0.15, 0.2) is 0 Å². The highest BCUT2D eigenvalue weighted by Crippen LogP contribution is 2.53. The second-order valence-electron chi connectivity index (χ2n) is 8.80. The van der Waals surface area contributed by atoms with E-state index >= 15 is 0 Å². The number of halogens is 7. The van der Waals surface area contributed by atoms with Gasteiger partial charge in [0, 0.05) is 23.5 Å². The maximum atomic E-state index is 14.4. The first-order valence-electron chi connectivity index (χ1n) is 11.1. The first kappa shape index (κ1) is 31.1. The van der Waals surface area contributed by atoms with E-state index < -0.39 is 51.3 Å². The van der Waals surface area contributed by atoms with Crippen LogP contribution in [0.3, 0.4) is 0 Å². The molecule has 0 spiro atoms. The SMILES string of the molecule is CCc1cccc(C(=O)Nc2ccc(C(F)(C(F)(F)F)C(F)(F)F)cc2C)c1C(=O)NC(C)CS(C)(=O)=O. The molecule has 38 heavy (non-hydrogen) atoms. The van der Waals surface area contributed by atoms with Crippen molar-refractivity contribution < 1.29 is 48.7 Å². The largest absolute Gasteiger partial charge is 0.435 e. The van der Waals surface area contributed by atoms with Gasteiger partial charge in [0.1, 0.15) is 9.84 Å². The van der Waals surface area contributed by atoms with Gasteiger partial charge >= 0.3 is 18.0 Å². The molecule has 0 aliphatic carbocycles. The van der Waals surface area contributed by atoms with E-state index in [9.17, 15) is 48.7 Å². The van der Waals surface area contributed by atoms with E-state index in [1.807, 2.05) is 0 Å². The zero-order chi connectivity index (χ0) is 29.3. The predicted molar refractivity (Wildman–Crippen MR) is 126 cm³/mol. The molecule has 2 aromatic rings. The molecule has 0 saturated carbocycles. The molecule has 14 heteroatoms. The van der Waals surface area contributed by atoms with Crippen LogP contribution < -0.4 is 10.6 Å². The third kappa shape index (κ3) is 6.63. The van der Waals surface area contributed by atoms with Crippen molar-refractivity contribution in [1.29, 1.82) is 0 Å². The number of rotatable bonds is 8. The van der Waals surface area contributed by atoms with Crippen LogP contribution in [0.2, 0.25) is 0 Å². The molecular weight excluding hydrogens is 545 g/mol. The minimum absolute atomic E-state index is 0.0842. The Balaban J connectivity index is 2.44. The summed E-state index contributed by atoms with van der Waals surface area (Å²) in [7, 11) is -3.43. The van der Waals surface area contributed by atoms with Crippen LogP contribution in [0.1, 0.15) is 51.3 Å². The fourth-order valence-corrected chi connectivity index (χ4v) is 4.83. The summed E-state index contributed by atoms with van der Waals surface area (Å²) in [5.74, 6) is -2.05. The number of aryl methyl sites for hydroxylation is 2. The lowest BCUT2D eigenvalue weighted by atomic mass is 9.92. The number of hydrogen-bond donors (Lipinski definition) is 2. The zero-order valence-corrected chi connectivity index (χ0v) is 21.5. The van der Waals surface area contributed by atoms with Gasteiger partial charge in [0.05, 0.1) is 16.9 Å². The number of amides is 2. The number of carbonyl (C=O) groups is 2. The number of benzene rings is 2. The van der Waals surface area contributed by atoms with E-state index in [0.29, 0.717) is 24.1 Å². The lowest BCUT2D eigenvalue weighted by Crippen LogP contribution is -2.50. The molecule has 0 heterocycles. The Morgan fingerprint density at radius 2 is 1.53 bits per heavy atom. The lowest BCUT2D eigenvalue weighted by Gasteiger charge is -2.30. The Morgan fingerprint density at radius 1 is 0.947 bits per heavy atom. The first-order valence-corrected chi connectivity index (χ1v) is 13.1. The third-order valence-corrected chi connectivity index (χ3v) is 6.69. The first-order chi connectivity index (χ1) is 17.2. The summed E-state index contributed by atoms with van der Waals surface area (Å²) in [4.78, 5) is 26.0. The highest BCUT2D eigenvalue weighted by molar-refractivity contribution is 7.90. The summed E-state index contributed by atoms with van der Waals surface area (Å²) in [6, 6.07) is 4.79. The average Bonchev–Trinajstić information content (AvgIpc) is 2.76. The van der Waals surface area contributed by atoms with Crippen molar-refractivity contribution in [2.24, 2.45) is 0 Å². The molecule has 2 rings (SSSR count). The molecule has 6 nitrogen and oxygen atoms in total. The van der Waals surface area contributed by atoms with Crippen LogP contribution in [0.5, 0.6) is 0 Å². The summed E-state index contributed by atoms with van der Waals surface area (Å²) < 4.78 is 116. The minimum Gasteiger partial charge on any atom is -0.349 e. The van der Waals surface area contributed by atoms with Gasteiger partial charge in [0.25, 0.3) is 11.8 Å². The van der Waals surface area contributed by atoms with E-state index in [4.69, 9.17) is 0 Å². The molecular formula is C24H25F7N2O4S. The third-order valence-electron chi connectivity index (χ3n) is 5.59. The van der Waals surface area contributed by atoms with Gasteiger partial charge in [-0.1, -0.05) is 31.2 Å². The Kier molecular flexibility index (Phi) is 8.92. The van der Waals surface area contributed by atoms with E-state index in [-0.39, 0.29) is 34.2 Å². The standard InChI is InChI=1S/C24H25F7N2O4S/c1-5-15-7-6-8-17(19(15)21(35)32-14(3)12-38(4,36)37)20(34)33-18-10-9-16(11-13(18)2)22(25,23(26,27)28)24(29,30)31/h6-11,14H,5,12H2,1-4H3,(H,32,35)(H,33,34). The van der Waals surface area contributed by atoms with E-state index in [1.165, 1.54) is 19.1 Å². The lowest BCUT2D eigenvalue weighted by molar-refractivity contribution is -0.348. The Bertz CT molecular complexity index is 1310. The number of alkyl halides is 7. The highest BCUT2D eigenvalue weighted by Gasteiger charge is 2.73. The van der Waals surface area contributed by atoms with Gasteiger partial charge in [-0.25, -0.2) is 12.8 Å². The van der Waals surface area contributed by atoms with Gasteiger partial charge in [0.2, 0.25) is 0 Å². The van der Waals surface area contributed by atoms with E-state index in [2.05, 4.69) is 10.6 Å². The van der Waals surface area contributed by atoms with Gasteiger partial charge < -0.3 is 10.6 Å². The van der Waals surface area contributed by atoms with Crippen LogP contribution in [-0.2, 0) is 21.9 Å². The molecule has 210 valence electrons. The summed E-state index contributed by atoms with van der Waals surface area (Å²) in [6.07, 6.45) is -11.3. The smallest absolute Gasteiger partial charge is 0.349 e. The zero-order valence-electron chi connectivity index (χ0n) is 20.6. The second kappa shape index (κ2) is 10.9. The number of hydrogen-bond acceptors (Lipinski definition) is 4. The van der Waals surface area contributed by atoms with E-state index in [1.54, 1.807) is 13.0 Å². The molecule has 1 unspecified atom stereocenters. The number of anilines is 1. The average molecular weight is 571 g/mol. The molecule has 0 fully saturated rings. The molecule has 0 aliphatic heterocycles. The maximum Gasteiger partial charge on any atom is 0.435 e. The Labute approximate surface area is 214 Å². The molecule has 1 atom stereocenters. The van der Waals surface area contributed by atoms with Crippen LogP contribution in [-0.4, -0.2) is 50.6 Å². The molecule has 2 aromatic carbocycles. The van der Waals surface area contributed by atoms with Crippen LogP contribution in [0.25, 0.3) is 0 Å². The summed E-state index contributed by atoms with van der Waals surface area (Å²) in [5, 5.41) is 4.82. The summed E-state index contributed by atoms with van der Waals surface area (Å²) in [6.45, 7) is 4.22. The van der Waals surface area contributed by atoms with Crippen LogP contribution >= 0.6 is 0 Å². The van der Waals surface area contributed by atoms with Gasteiger partial charge in [-0.05, 0) is 43.5 Å². The molecule has 0 bridgehead atoms. The van der Waals surface area contributed by atoms with Crippen molar-refractivity contribution in [1.82, 2.24) is 5.32 Å². The van der Waals surface area contributed by atoms with E-state index in [0.717, 1.165) is 13.2 Å². The number of carbonyl (C=O) groups excluding carboxylic acids is 2. The van der Waals surface area contributed by atoms with Crippen LogP contribution in [0, 0.1) is 6.92 Å². The summed E-state index contributed by atoms with van der Waals surface area (Å²) >= 11 is 0. The topological polar surface area (TPSA) is 92.3 Å². The molecule has 2 N–H and O–H groups in total. The number of nitrogens with one attached hydrogen (secondary N) is 2. The fraction of sp³-hybridized carbons (Fsp3) is 0.417. The minimum atomic E-state index is -6.29. The monoisotopic (exact) mass is 570 g/mol. The van der Waals surface area contributed by atoms with Crippen molar-refractivity contribution in [2.45, 2.75) is 51.3 Å². The predicted octanol–water partition coefficient (Wildman–Crippen LogP) is 5.26. The van der Waals surface area contributed by atoms with Crippen LogP contribution in [0.4, 0.5) is 36.4 Å². The molecule has 2 amide bonds. The normalized spacial score (nSPS) is 13.7. The second-order valence-corrected chi connectivity index (χ2v) is 11.0. The van der Waals surface area contributed by atoms with Crippen molar-refractivity contribution in [3.8, 4) is 0 Å². The van der Waals surface area contributed by atoms with Crippen molar-refractivity contribution in [3.05, 3.63) is 64.2 Å². The molecule has 0 aromatic heterocycles. The quantitative estimate of drug-likeness (QED) is 0.424. The Hall–Kier alpha value is -3.16. The molecule has 0 saturated heterocycles. The summed E-state index contributed by atoms with van der Waals surface area (Å²) in [5.41, 5.74) is -7.69.